The van der Waals surface area contributed by atoms with Gasteiger partial charge in [-0.3, -0.25) is 4.99 Å². The minimum Gasteiger partial charge on any atom is -0.356 e. The van der Waals surface area contributed by atoms with Gasteiger partial charge in [0.05, 0.1) is 17.2 Å². The molecule has 2 aromatic heterocycles. The molecule has 0 fully saturated rings. The Labute approximate surface area is 187 Å². The molecule has 0 saturated heterocycles. The fourth-order valence-electron chi connectivity index (χ4n) is 2.91. The van der Waals surface area contributed by atoms with Crippen molar-refractivity contribution >= 4 is 41.3 Å². The van der Waals surface area contributed by atoms with Crippen molar-refractivity contribution in [1.29, 1.82) is 0 Å². The first-order valence-electron chi connectivity index (χ1n) is 9.07. The molecule has 150 valence electrons. The van der Waals surface area contributed by atoms with Crippen molar-refractivity contribution in [3.8, 4) is 0 Å². The summed E-state index contributed by atoms with van der Waals surface area (Å²) in [6.45, 7) is 6.42. The number of imidazole rings is 1. The van der Waals surface area contributed by atoms with E-state index in [2.05, 4.69) is 54.4 Å². The topological polar surface area (TPSA) is 67.1 Å². The Morgan fingerprint density at radius 3 is 2.64 bits per heavy atom. The molecule has 28 heavy (non-hydrogen) atoms. The van der Waals surface area contributed by atoms with E-state index < -0.39 is 0 Å². The second-order valence-electron chi connectivity index (χ2n) is 6.30. The van der Waals surface area contributed by atoms with Gasteiger partial charge in [-0.2, -0.15) is 0 Å². The van der Waals surface area contributed by atoms with E-state index in [1.807, 2.05) is 32.3 Å². The summed E-state index contributed by atoms with van der Waals surface area (Å²) in [5.74, 6) is 1.86. The number of aromatic nitrogens is 3. The molecule has 0 aliphatic rings. The first kappa shape index (κ1) is 22.4. The first-order valence-corrected chi connectivity index (χ1v) is 9.88. The maximum atomic E-state index is 4.50. The number of thiazole rings is 1. The molecule has 6 nitrogen and oxygen atoms in total. The van der Waals surface area contributed by atoms with E-state index in [0.717, 1.165) is 48.5 Å². The predicted octanol–water partition coefficient (Wildman–Crippen LogP) is 3.53. The summed E-state index contributed by atoms with van der Waals surface area (Å²) in [7, 11) is 1.79. The highest BCUT2D eigenvalue weighted by molar-refractivity contribution is 14.0. The van der Waals surface area contributed by atoms with Crippen LogP contribution < -0.4 is 10.6 Å². The monoisotopic (exact) mass is 510 g/mol. The molecular weight excluding hydrogens is 483 g/mol. The third-order valence-electron chi connectivity index (χ3n) is 4.28. The second kappa shape index (κ2) is 11.2. The number of hydrogen-bond acceptors (Lipinski definition) is 4. The van der Waals surface area contributed by atoms with E-state index in [0.29, 0.717) is 0 Å². The van der Waals surface area contributed by atoms with Gasteiger partial charge in [0.2, 0.25) is 0 Å². The third kappa shape index (κ3) is 6.30. The van der Waals surface area contributed by atoms with E-state index in [-0.39, 0.29) is 24.0 Å². The standard InChI is InChI=1S/C20H26N6S.HI/c1-15-18(27-16(2)25-15)13-24-20(21-3)23-10-9-19-22-11-12-26(19)14-17-7-5-4-6-8-17;/h4-8,11-12H,9-10,13-14H2,1-3H3,(H2,21,23,24);1H. The van der Waals surface area contributed by atoms with Crippen LogP contribution in [0.4, 0.5) is 0 Å². The Kier molecular flexibility index (Phi) is 8.91. The van der Waals surface area contributed by atoms with Crippen LogP contribution in [-0.4, -0.2) is 34.1 Å². The van der Waals surface area contributed by atoms with Crippen LogP contribution in [0.15, 0.2) is 47.7 Å². The largest absolute Gasteiger partial charge is 0.356 e. The Morgan fingerprint density at radius 2 is 1.96 bits per heavy atom. The third-order valence-corrected chi connectivity index (χ3v) is 5.35. The van der Waals surface area contributed by atoms with Crippen LogP contribution in [-0.2, 0) is 19.5 Å². The molecule has 8 heteroatoms. The van der Waals surface area contributed by atoms with Crippen LogP contribution in [0.2, 0.25) is 0 Å². The molecule has 3 rings (SSSR count). The molecule has 0 aliphatic heterocycles. The zero-order valence-electron chi connectivity index (χ0n) is 16.5. The Balaban J connectivity index is 0.00000280. The van der Waals surface area contributed by atoms with Crippen molar-refractivity contribution in [2.45, 2.75) is 33.4 Å². The smallest absolute Gasteiger partial charge is 0.191 e. The van der Waals surface area contributed by atoms with Gasteiger partial charge < -0.3 is 15.2 Å². The number of hydrogen-bond donors (Lipinski definition) is 2. The van der Waals surface area contributed by atoms with E-state index in [1.54, 1.807) is 18.4 Å². The lowest BCUT2D eigenvalue weighted by molar-refractivity contribution is 0.694. The summed E-state index contributed by atoms with van der Waals surface area (Å²) >= 11 is 1.72. The molecule has 0 spiro atoms. The number of aliphatic imine (C=N–C) groups is 1. The van der Waals surface area contributed by atoms with Crippen molar-refractivity contribution < 1.29 is 0 Å². The van der Waals surface area contributed by atoms with E-state index in [4.69, 9.17) is 0 Å². The molecule has 3 aromatic rings. The fraction of sp³-hybridized carbons (Fsp3) is 0.350. The van der Waals surface area contributed by atoms with Crippen molar-refractivity contribution in [1.82, 2.24) is 25.2 Å². The van der Waals surface area contributed by atoms with Crippen LogP contribution in [0.25, 0.3) is 0 Å². The number of guanidine groups is 1. The minimum absolute atomic E-state index is 0. The lowest BCUT2D eigenvalue weighted by atomic mass is 10.2. The Morgan fingerprint density at radius 1 is 1.18 bits per heavy atom. The number of benzene rings is 1. The predicted molar refractivity (Wildman–Crippen MR) is 127 cm³/mol. The molecule has 0 aliphatic carbocycles. The van der Waals surface area contributed by atoms with Crippen molar-refractivity contribution in [3.05, 3.63) is 69.7 Å². The summed E-state index contributed by atoms with van der Waals surface area (Å²) in [6, 6.07) is 10.4. The van der Waals surface area contributed by atoms with Gasteiger partial charge in [-0.05, 0) is 19.4 Å². The van der Waals surface area contributed by atoms with Crippen LogP contribution in [0.3, 0.4) is 0 Å². The number of halogens is 1. The van der Waals surface area contributed by atoms with Crippen LogP contribution in [0, 0.1) is 13.8 Å². The maximum Gasteiger partial charge on any atom is 0.191 e. The van der Waals surface area contributed by atoms with E-state index in [9.17, 15) is 0 Å². The molecule has 0 atom stereocenters. The highest BCUT2D eigenvalue weighted by Gasteiger charge is 2.07. The molecule has 0 radical (unpaired) electrons. The number of nitrogens with one attached hydrogen (secondary N) is 2. The van der Waals surface area contributed by atoms with Crippen molar-refractivity contribution in [2.75, 3.05) is 13.6 Å². The van der Waals surface area contributed by atoms with Gasteiger partial charge in [-0.15, -0.1) is 35.3 Å². The molecule has 2 heterocycles. The van der Waals surface area contributed by atoms with Gasteiger partial charge in [0.25, 0.3) is 0 Å². The average Bonchev–Trinajstić information content (AvgIpc) is 3.24. The van der Waals surface area contributed by atoms with Crippen molar-refractivity contribution in [2.24, 2.45) is 4.99 Å². The van der Waals surface area contributed by atoms with E-state index >= 15 is 0 Å². The molecule has 2 N–H and O–H groups in total. The summed E-state index contributed by atoms with van der Waals surface area (Å²) in [4.78, 5) is 14.5. The summed E-state index contributed by atoms with van der Waals surface area (Å²) in [5, 5.41) is 7.82. The highest BCUT2D eigenvalue weighted by Crippen LogP contribution is 2.16. The van der Waals surface area contributed by atoms with Gasteiger partial charge in [-0.25, -0.2) is 9.97 Å². The van der Waals surface area contributed by atoms with Crippen LogP contribution >= 0.6 is 35.3 Å². The second-order valence-corrected chi connectivity index (χ2v) is 7.59. The average molecular weight is 510 g/mol. The van der Waals surface area contributed by atoms with Crippen LogP contribution in [0.5, 0.6) is 0 Å². The zero-order valence-corrected chi connectivity index (χ0v) is 19.6. The summed E-state index contributed by atoms with van der Waals surface area (Å²) < 4.78 is 2.19. The Bertz CT molecular complexity index is 887. The summed E-state index contributed by atoms with van der Waals surface area (Å²) in [6.07, 6.45) is 4.73. The normalized spacial score (nSPS) is 11.2. The zero-order chi connectivity index (χ0) is 19.1. The molecule has 0 saturated carbocycles. The van der Waals surface area contributed by atoms with Gasteiger partial charge in [0, 0.05) is 43.8 Å². The SMILES string of the molecule is CN=C(NCCc1nccn1Cc1ccccc1)NCc1sc(C)nc1C.I. The highest BCUT2D eigenvalue weighted by atomic mass is 127. The molecule has 0 amide bonds. The van der Waals surface area contributed by atoms with Gasteiger partial charge in [0.1, 0.15) is 5.82 Å². The Hall–Kier alpha value is -1.94. The molecular formula is C20H27IN6S. The molecule has 1 aromatic carbocycles. The fourth-order valence-corrected chi connectivity index (χ4v) is 3.78. The minimum atomic E-state index is 0. The number of aryl methyl sites for hydroxylation is 2. The van der Waals surface area contributed by atoms with Gasteiger partial charge in [0.15, 0.2) is 5.96 Å². The molecule has 0 bridgehead atoms. The number of rotatable bonds is 7. The molecule has 0 unspecified atom stereocenters. The van der Waals surface area contributed by atoms with Gasteiger partial charge in [-0.1, -0.05) is 30.3 Å². The van der Waals surface area contributed by atoms with Crippen molar-refractivity contribution in [3.63, 3.8) is 0 Å². The van der Waals surface area contributed by atoms with Crippen LogP contribution in [0.1, 0.15) is 27.0 Å². The van der Waals surface area contributed by atoms with Gasteiger partial charge >= 0.3 is 0 Å². The summed E-state index contributed by atoms with van der Waals surface area (Å²) in [5.41, 5.74) is 2.36. The number of nitrogens with zero attached hydrogens (tertiary/aromatic N) is 4. The van der Waals surface area contributed by atoms with E-state index in [1.165, 1.54) is 10.4 Å². The lowest BCUT2D eigenvalue weighted by Crippen LogP contribution is -2.38. The quantitative estimate of drug-likeness (QED) is 0.290. The maximum absolute atomic E-state index is 4.50. The lowest BCUT2D eigenvalue weighted by Gasteiger charge is -2.12. The first-order chi connectivity index (χ1) is 13.2.